The fourth-order valence-electron chi connectivity index (χ4n) is 2.33. The highest BCUT2D eigenvalue weighted by atomic mass is 32.2. The van der Waals surface area contributed by atoms with Gasteiger partial charge in [0, 0.05) is 36.1 Å². The molecular weight excluding hydrogens is 352 g/mol. The molecule has 26 heavy (non-hydrogen) atoms. The van der Waals surface area contributed by atoms with Crippen LogP contribution in [0.15, 0.2) is 46.5 Å². The fraction of sp³-hybridized carbons (Fsp3) is 0.333. The molecule has 136 valence electrons. The molecule has 1 aromatic carbocycles. The Morgan fingerprint density at radius 2 is 2.12 bits per heavy atom. The third-order valence-electron chi connectivity index (χ3n) is 3.84. The van der Waals surface area contributed by atoms with Crippen molar-refractivity contribution in [3.05, 3.63) is 52.4 Å². The van der Waals surface area contributed by atoms with Crippen LogP contribution in [-0.4, -0.2) is 33.2 Å². The highest BCUT2D eigenvalue weighted by Crippen LogP contribution is 2.20. The number of nitrogens with one attached hydrogen (secondary N) is 2. The van der Waals surface area contributed by atoms with Crippen molar-refractivity contribution in [2.45, 2.75) is 37.5 Å². The summed E-state index contributed by atoms with van der Waals surface area (Å²) >= 11 is 1.20. The molecule has 8 heteroatoms. The first-order valence-corrected chi connectivity index (χ1v) is 9.45. The number of rotatable bonds is 7. The molecule has 1 fully saturated rings. The van der Waals surface area contributed by atoms with Crippen molar-refractivity contribution < 1.29 is 9.59 Å². The van der Waals surface area contributed by atoms with E-state index in [0.29, 0.717) is 23.0 Å². The molecule has 2 amide bonds. The van der Waals surface area contributed by atoms with Gasteiger partial charge in [0.15, 0.2) is 5.16 Å². The van der Waals surface area contributed by atoms with Gasteiger partial charge >= 0.3 is 0 Å². The number of nitrogens with zero attached hydrogens (tertiary/aromatic N) is 2. The van der Waals surface area contributed by atoms with Crippen LogP contribution in [0.4, 0.5) is 5.69 Å². The van der Waals surface area contributed by atoms with E-state index in [1.165, 1.54) is 17.8 Å². The van der Waals surface area contributed by atoms with Crippen LogP contribution in [0.5, 0.6) is 0 Å². The van der Waals surface area contributed by atoms with Crippen molar-refractivity contribution in [3.8, 4) is 0 Å². The van der Waals surface area contributed by atoms with Crippen LogP contribution in [-0.2, 0) is 11.3 Å². The summed E-state index contributed by atoms with van der Waals surface area (Å²) in [4.78, 5) is 39.6. The van der Waals surface area contributed by atoms with Gasteiger partial charge in [-0.05, 0) is 38.0 Å². The highest BCUT2D eigenvalue weighted by molar-refractivity contribution is 7.99. The average Bonchev–Trinajstić information content (AvgIpc) is 3.44. The Labute approximate surface area is 155 Å². The summed E-state index contributed by atoms with van der Waals surface area (Å²) < 4.78 is 1.81. The molecule has 1 saturated carbocycles. The molecule has 0 unspecified atom stereocenters. The quantitative estimate of drug-likeness (QED) is 0.572. The maximum absolute atomic E-state index is 12.2. The van der Waals surface area contributed by atoms with Crippen LogP contribution in [0, 0.1) is 0 Å². The van der Waals surface area contributed by atoms with Crippen LogP contribution in [0.2, 0.25) is 0 Å². The van der Waals surface area contributed by atoms with Crippen molar-refractivity contribution in [1.82, 2.24) is 14.9 Å². The summed E-state index contributed by atoms with van der Waals surface area (Å²) in [7, 11) is 0. The smallest absolute Gasteiger partial charge is 0.273 e. The van der Waals surface area contributed by atoms with E-state index in [2.05, 4.69) is 15.6 Å². The predicted molar refractivity (Wildman–Crippen MR) is 100 cm³/mol. The Kier molecular flexibility index (Phi) is 5.72. The number of carbonyl (C=O) groups is 2. The second-order valence-electron chi connectivity index (χ2n) is 6.00. The van der Waals surface area contributed by atoms with Gasteiger partial charge < -0.3 is 15.2 Å². The van der Waals surface area contributed by atoms with Crippen LogP contribution in [0.25, 0.3) is 0 Å². The van der Waals surface area contributed by atoms with Gasteiger partial charge in [-0.1, -0.05) is 17.8 Å². The van der Waals surface area contributed by atoms with E-state index < -0.39 is 0 Å². The molecule has 0 bridgehead atoms. The summed E-state index contributed by atoms with van der Waals surface area (Å²) in [6.45, 7) is 2.60. The maximum Gasteiger partial charge on any atom is 0.273 e. The van der Waals surface area contributed by atoms with E-state index in [-0.39, 0.29) is 29.2 Å². The molecule has 1 aliphatic rings. The monoisotopic (exact) mass is 372 g/mol. The zero-order valence-electron chi connectivity index (χ0n) is 14.4. The number of anilines is 1. The summed E-state index contributed by atoms with van der Waals surface area (Å²) in [5.74, 6) is -0.233. The Bertz CT molecular complexity index is 877. The lowest BCUT2D eigenvalue weighted by atomic mass is 10.2. The van der Waals surface area contributed by atoms with Crippen LogP contribution in [0.1, 0.15) is 30.1 Å². The first-order chi connectivity index (χ1) is 12.5. The lowest BCUT2D eigenvalue weighted by molar-refractivity contribution is -0.113. The fourth-order valence-corrected chi connectivity index (χ4v) is 3.17. The molecule has 0 aliphatic heterocycles. The molecule has 1 heterocycles. The number of hydrogen-bond donors (Lipinski definition) is 2. The maximum atomic E-state index is 12.2. The lowest BCUT2D eigenvalue weighted by Gasteiger charge is -2.10. The first-order valence-electron chi connectivity index (χ1n) is 8.46. The highest BCUT2D eigenvalue weighted by Gasteiger charge is 2.23. The van der Waals surface area contributed by atoms with E-state index in [0.717, 1.165) is 12.8 Å². The van der Waals surface area contributed by atoms with Crippen molar-refractivity contribution in [2.24, 2.45) is 0 Å². The van der Waals surface area contributed by atoms with Gasteiger partial charge in [-0.15, -0.1) is 0 Å². The van der Waals surface area contributed by atoms with E-state index in [1.807, 2.05) is 11.5 Å². The van der Waals surface area contributed by atoms with E-state index in [1.54, 1.807) is 30.5 Å². The summed E-state index contributed by atoms with van der Waals surface area (Å²) in [5, 5.41) is 6.20. The van der Waals surface area contributed by atoms with E-state index in [4.69, 9.17) is 0 Å². The summed E-state index contributed by atoms with van der Waals surface area (Å²) in [6, 6.07) is 8.52. The number of hydrogen-bond acceptors (Lipinski definition) is 5. The van der Waals surface area contributed by atoms with Crippen LogP contribution >= 0.6 is 11.8 Å². The first kappa shape index (κ1) is 18.2. The molecule has 0 spiro atoms. The minimum atomic E-state index is -0.327. The Balaban J connectivity index is 1.59. The van der Waals surface area contributed by atoms with Gasteiger partial charge in [0.1, 0.15) is 0 Å². The third kappa shape index (κ3) is 4.95. The molecule has 0 radical (unpaired) electrons. The Hall–Kier alpha value is -2.61. The van der Waals surface area contributed by atoms with Gasteiger partial charge in [0.2, 0.25) is 5.91 Å². The van der Waals surface area contributed by atoms with Gasteiger partial charge in [-0.25, -0.2) is 0 Å². The second kappa shape index (κ2) is 8.18. The molecule has 1 aromatic heterocycles. The Morgan fingerprint density at radius 3 is 2.85 bits per heavy atom. The molecule has 0 atom stereocenters. The number of amides is 2. The summed E-state index contributed by atoms with van der Waals surface area (Å²) in [6.07, 6.45) is 3.71. The number of thioether (sulfide) groups is 1. The average molecular weight is 372 g/mol. The second-order valence-corrected chi connectivity index (χ2v) is 6.94. The van der Waals surface area contributed by atoms with Crippen molar-refractivity contribution >= 4 is 29.3 Å². The Morgan fingerprint density at radius 1 is 1.31 bits per heavy atom. The number of aromatic nitrogens is 2. The zero-order valence-corrected chi connectivity index (χ0v) is 15.2. The molecule has 2 N–H and O–H groups in total. The van der Waals surface area contributed by atoms with Gasteiger partial charge in [0.25, 0.3) is 11.5 Å². The molecule has 3 rings (SSSR count). The zero-order chi connectivity index (χ0) is 18.5. The molecule has 2 aromatic rings. The van der Waals surface area contributed by atoms with Crippen LogP contribution in [0.3, 0.4) is 0 Å². The topological polar surface area (TPSA) is 93.1 Å². The van der Waals surface area contributed by atoms with Gasteiger partial charge in [-0.3, -0.25) is 14.4 Å². The standard InChI is InChI=1S/C18H20N4O3S/c1-2-22-9-8-15(23)21-18(22)26-11-16(24)19-14-5-3-4-12(10-14)17(25)20-13-6-7-13/h3-5,8-10,13H,2,6-7,11H2,1H3,(H,19,24)(H,20,25). The van der Waals surface area contributed by atoms with Gasteiger partial charge in [-0.2, -0.15) is 4.98 Å². The van der Waals surface area contributed by atoms with Crippen LogP contribution < -0.4 is 16.2 Å². The third-order valence-corrected chi connectivity index (χ3v) is 4.83. The minimum Gasteiger partial charge on any atom is -0.349 e. The lowest BCUT2D eigenvalue weighted by Crippen LogP contribution is -2.25. The minimum absolute atomic E-state index is 0.120. The largest absolute Gasteiger partial charge is 0.349 e. The van der Waals surface area contributed by atoms with E-state index >= 15 is 0 Å². The molecule has 7 nitrogen and oxygen atoms in total. The SMILES string of the molecule is CCn1ccc(=O)nc1SCC(=O)Nc1cccc(C(=O)NC2CC2)c1. The number of aryl methyl sites for hydroxylation is 1. The van der Waals surface area contributed by atoms with Crippen molar-refractivity contribution in [2.75, 3.05) is 11.1 Å². The predicted octanol–water partition coefficient (Wildman–Crippen LogP) is 1.89. The number of benzene rings is 1. The normalized spacial score (nSPS) is 13.3. The van der Waals surface area contributed by atoms with Crippen molar-refractivity contribution in [3.63, 3.8) is 0 Å². The van der Waals surface area contributed by atoms with Gasteiger partial charge in [0.05, 0.1) is 5.75 Å². The van der Waals surface area contributed by atoms with E-state index in [9.17, 15) is 14.4 Å². The van der Waals surface area contributed by atoms with Crippen molar-refractivity contribution in [1.29, 1.82) is 0 Å². The number of carbonyl (C=O) groups excluding carboxylic acids is 2. The molecule has 1 aliphatic carbocycles. The summed E-state index contributed by atoms with van der Waals surface area (Å²) in [5.41, 5.74) is 0.756. The molecular formula is C18H20N4O3S. The molecule has 0 saturated heterocycles.